The SMILES string of the molecule is C=CC(=O)NC1CN(c2nc(Nc3cn(C4CCN(C)C4)nc3OC)c3ncn(CC)c3n2)CC1F. The number of imidazole rings is 1. The molecule has 3 atom stereocenters. The normalized spacial score (nSPS) is 22.3. The second-order valence-corrected chi connectivity index (χ2v) is 9.18. The van der Waals surface area contributed by atoms with Crippen molar-refractivity contribution < 1.29 is 13.9 Å². The predicted molar refractivity (Wildman–Crippen MR) is 133 cm³/mol. The Morgan fingerprint density at radius 3 is 2.86 bits per heavy atom. The molecule has 0 aliphatic carbocycles. The standard InChI is InChI=1S/C23H31FN10O2/c1-5-18(35)26-16-11-33(10-15(16)24)23-28-20(19-21(29-23)32(6-2)13-25-19)27-17-12-34(30-22(17)36-4)14-7-8-31(3)9-14/h5,12-16H,1,6-11H2,2-4H3,(H,26,35)(H,27,28,29). The van der Waals surface area contributed by atoms with E-state index in [1.165, 1.54) is 0 Å². The first-order chi connectivity index (χ1) is 17.4. The van der Waals surface area contributed by atoms with E-state index in [4.69, 9.17) is 14.7 Å². The van der Waals surface area contributed by atoms with Crippen molar-refractivity contribution in [1.82, 2.24) is 39.5 Å². The predicted octanol–water partition coefficient (Wildman–Crippen LogP) is 1.50. The molecule has 1 amide bonds. The maximum absolute atomic E-state index is 14.7. The van der Waals surface area contributed by atoms with E-state index in [-0.39, 0.29) is 19.1 Å². The third-order valence-electron chi connectivity index (χ3n) is 6.72. The van der Waals surface area contributed by atoms with E-state index in [1.54, 1.807) is 18.3 Å². The van der Waals surface area contributed by atoms with Gasteiger partial charge in [0.1, 0.15) is 11.9 Å². The van der Waals surface area contributed by atoms with Crippen molar-refractivity contribution in [3.05, 3.63) is 25.2 Å². The molecule has 36 heavy (non-hydrogen) atoms. The Hall–Kier alpha value is -3.74. The number of rotatable bonds is 8. The van der Waals surface area contributed by atoms with Gasteiger partial charge in [-0.1, -0.05) is 6.58 Å². The molecule has 0 spiro atoms. The zero-order chi connectivity index (χ0) is 25.4. The Kier molecular flexibility index (Phi) is 6.48. The number of aromatic nitrogens is 6. The fraction of sp³-hybridized carbons (Fsp3) is 0.522. The number of halogens is 1. The molecular weight excluding hydrogens is 467 g/mol. The van der Waals surface area contributed by atoms with Crippen molar-refractivity contribution in [2.75, 3.05) is 50.6 Å². The third-order valence-corrected chi connectivity index (χ3v) is 6.72. The summed E-state index contributed by atoms with van der Waals surface area (Å²) in [5.41, 5.74) is 1.87. The Morgan fingerprint density at radius 1 is 1.33 bits per heavy atom. The van der Waals surface area contributed by atoms with Crippen LogP contribution in [0, 0.1) is 0 Å². The number of amides is 1. The molecule has 0 bridgehead atoms. The number of hydrogen-bond acceptors (Lipinski definition) is 9. The summed E-state index contributed by atoms with van der Waals surface area (Å²) in [5.74, 6) is 0.856. The third kappa shape index (κ3) is 4.45. The molecule has 3 unspecified atom stereocenters. The number of likely N-dealkylation sites (tertiary alicyclic amines) is 1. The van der Waals surface area contributed by atoms with Gasteiger partial charge in [0.25, 0.3) is 5.88 Å². The summed E-state index contributed by atoms with van der Waals surface area (Å²) >= 11 is 0. The highest BCUT2D eigenvalue weighted by molar-refractivity contribution is 5.88. The van der Waals surface area contributed by atoms with Gasteiger partial charge in [-0.15, -0.1) is 5.10 Å². The largest absolute Gasteiger partial charge is 0.478 e. The van der Waals surface area contributed by atoms with E-state index < -0.39 is 18.1 Å². The second-order valence-electron chi connectivity index (χ2n) is 9.18. The Labute approximate surface area is 208 Å². The molecule has 0 radical (unpaired) electrons. The molecule has 2 N–H and O–H groups in total. The average molecular weight is 499 g/mol. The van der Waals surface area contributed by atoms with Gasteiger partial charge in [0, 0.05) is 19.6 Å². The van der Waals surface area contributed by atoms with Crippen molar-refractivity contribution >= 4 is 34.5 Å². The number of nitrogens with zero attached hydrogens (tertiary/aromatic N) is 8. The monoisotopic (exact) mass is 498 g/mol. The molecule has 3 aromatic rings. The number of hydrogen-bond donors (Lipinski definition) is 2. The van der Waals surface area contributed by atoms with Crippen molar-refractivity contribution in [2.24, 2.45) is 0 Å². The van der Waals surface area contributed by atoms with Crippen molar-refractivity contribution in [3.8, 4) is 5.88 Å². The van der Waals surface area contributed by atoms with Crippen LogP contribution in [-0.2, 0) is 11.3 Å². The van der Waals surface area contributed by atoms with Gasteiger partial charge < -0.3 is 29.7 Å². The number of fused-ring (bicyclic) bond motifs is 1. The Morgan fingerprint density at radius 2 is 2.17 bits per heavy atom. The minimum absolute atomic E-state index is 0.0593. The van der Waals surface area contributed by atoms with Crippen LogP contribution in [-0.4, -0.2) is 92.7 Å². The molecule has 12 nitrogen and oxygen atoms in total. The van der Waals surface area contributed by atoms with Crippen LogP contribution < -0.4 is 20.3 Å². The molecular formula is C23H31FN10O2. The summed E-state index contributed by atoms with van der Waals surface area (Å²) in [6, 6.07) is -0.418. The van der Waals surface area contributed by atoms with Crippen molar-refractivity contribution in [1.29, 1.82) is 0 Å². The first kappa shape index (κ1) is 24.0. The topological polar surface area (TPSA) is 118 Å². The zero-order valence-electron chi connectivity index (χ0n) is 20.7. The van der Waals surface area contributed by atoms with E-state index in [0.717, 1.165) is 25.6 Å². The summed E-state index contributed by atoms with van der Waals surface area (Å²) in [4.78, 5) is 29.7. The highest BCUT2D eigenvalue weighted by Gasteiger charge is 2.35. The molecule has 192 valence electrons. The lowest BCUT2D eigenvalue weighted by atomic mass is 10.2. The van der Waals surface area contributed by atoms with Crippen LogP contribution in [0.1, 0.15) is 19.4 Å². The molecule has 2 saturated heterocycles. The van der Waals surface area contributed by atoms with Crippen molar-refractivity contribution in [3.63, 3.8) is 0 Å². The summed E-state index contributed by atoms with van der Waals surface area (Å²) < 4.78 is 24.1. The van der Waals surface area contributed by atoms with Gasteiger partial charge >= 0.3 is 0 Å². The lowest BCUT2D eigenvalue weighted by Crippen LogP contribution is -2.40. The number of anilines is 3. The van der Waals surface area contributed by atoms with Crippen LogP contribution in [0.2, 0.25) is 0 Å². The number of carbonyl (C=O) groups is 1. The van der Waals surface area contributed by atoms with E-state index >= 15 is 0 Å². The minimum Gasteiger partial charge on any atom is -0.478 e. The van der Waals surface area contributed by atoms with Gasteiger partial charge in [-0.05, 0) is 33.0 Å². The van der Waals surface area contributed by atoms with E-state index in [2.05, 4.69) is 39.2 Å². The fourth-order valence-electron chi connectivity index (χ4n) is 4.75. The van der Waals surface area contributed by atoms with Crippen LogP contribution in [0.3, 0.4) is 0 Å². The first-order valence-corrected chi connectivity index (χ1v) is 12.0. The van der Waals surface area contributed by atoms with Crippen LogP contribution in [0.15, 0.2) is 25.2 Å². The lowest BCUT2D eigenvalue weighted by molar-refractivity contribution is -0.117. The maximum atomic E-state index is 14.7. The van der Waals surface area contributed by atoms with E-state index in [0.29, 0.717) is 41.0 Å². The van der Waals surface area contributed by atoms with Crippen LogP contribution in [0.25, 0.3) is 11.2 Å². The lowest BCUT2D eigenvalue weighted by Gasteiger charge is -2.17. The zero-order valence-corrected chi connectivity index (χ0v) is 20.7. The van der Waals surface area contributed by atoms with Crippen LogP contribution in [0.5, 0.6) is 5.88 Å². The molecule has 13 heteroatoms. The molecule has 0 saturated carbocycles. The van der Waals surface area contributed by atoms with Gasteiger partial charge in [-0.25, -0.2) is 9.37 Å². The van der Waals surface area contributed by atoms with Crippen LogP contribution in [0.4, 0.5) is 21.8 Å². The Balaban J connectivity index is 1.48. The van der Waals surface area contributed by atoms with Crippen molar-refractivity contribution in [2.45, 2.75) is 38.1 Å². The second kappa shape index (κ2) is 9.72. The van der Waals surface area contributed by atoms with E-state index in [1.807, 2.05) is 22.4 Å². The van der Waals surface area contributed by atoms with Gasteiger partial charge in [0.2, 0.25) is 11.9 Å². The van der Waals surface area contributed by atoms with Gasteiger partial charge in [-0.2, -0.15) is 9.97 Å². The highest BCUT2D eigenvalue weighted by atomic mass is 19.1. The molecule has 2 fully saturated rings. The molecule has 0 aromatic carbocycles. The van der Waals surface area contributed by atoms with Gasteiger partial charge in [0.15, 0.2) is 17.0 Å². The summed E-state index contributed by atoms with van der Waals surface area (Å²) in [5, 5.41) is 10.6. The smallest absolute Gasteiger partial charge is 0.256 e. The van der Waals surface area contributed by atoms with Crippen LogP contribution >= 0.6 is 0 Å². The summed E-state index contributed by atoms with van der Waals surface area (Å²) in [6.45, 7) is 8.32. The molecule has 5 rings (SSSR count). The van der Waals surface area contributed by atoms with Gasteiger partial charge in [-0.3, -0.25) is 9.48 Å². The number of alkyl halides is 1. The number of carbonyl (C=O) groups excluding carboxylic acids is 1. The summed E-state index contributed by atoms with van der Waals surface area (Å²) in [7, 11) is 3.67. The molecule has 2 aliphatic rings. The number of ether oxygens (including phenoxy) is 1. The number of likely N-dealkylation sites (N-methyl/N-ethyl adjacent to an activating group) is 1. The molecule has 2 aliphatic heterocycles. The Bertz CT molecular complexity index is 1270. The van der Waals surface area contributed by atoms with Gasteiger partial charge in [0.05, 0.1) is 38.3 Å². The average Bonchev–Trinajstić information content (AvgIpc) is 3.65. The number of methoxy groups -OCH3 is 1. The minimum atomic E-state index is -1.26. The number of nitrogens with one attached hydrogen (secondary N) is 2. The van der Waals surface area contributed by atoms with E-state index in [9.17, 15) is 9.18 Å². The summed E-state index contributed by atoms with van der Waals surface area (Å²) in [6.07, 6.45) is 4.51. The quantitative estimate of drug-likeness (QED) is 0.446. The highest BCUT2D eigenvalue weighted by Crippen LogP contribution is 2.33. The molecule has 3 aromatic heterocycles. The fourth-order valence-corrected chi connectivity index (χ4v) is 4.75. The molecule has 5 heterocycles. The maximum Gasteiger partial charge on any atom is 0.256 e. The number of aryl methyl sites for hydroxylation is 1. The first-order valence-electron chi connectivity index (χ1n) is 12.0.